The fourth-order valence-electron chi connectivity index (χ4n) is 2.67. The van der Waals surface area contributed by atoms with Gasteiger partial charge in [0.15, 0.2) is 0 Å². The van der Waals surface area contributed by atoms with E-state index in [1.165, 1.54) is 0 Å². The van der Waals surface area contributed by atoms with E-state index in [4.69, 9.17) is 9.26 Å². The number of hydrogen-bond acceptors (Lipinski definition) is 5. The van der Waals surface area contributed by atoms with Crippen LogP contribution >= 0.6 is 0 Å². The Morgan fingerprint density at radius 3 is 2.27 bits per heavy atom. The van der Waals surface area contributed by atoms with E-state index < -0.39 is 12.0 Å². The van der Waals surface area contributed by atoms with Crippen molar-refractivity contribution in [3.63, 3.8) is 0 Å². The molecule has 0 aliphatic carbocycles. The molecular weight excluding hydrogens is 299 g/mol. The van der Waals surface area contributed by atoms with E-state index in [0.29, 0.717) is 19.0 Å². The third-order valence-corrected chi connectivity index (χ3v) is 3.68. The summed E-state index contributed by atoms with van der Waals surface area (Å²) in [6.45, 7) is 9.24. The summed E-state index contributed by atoms with van der Waals surface area (Å²) in [5, 5.41) is 2.99. The van der Waals surface area contributed by atoms with Crippen LogP contribution in [0.4, 0.5) is 19.2 Å². The maximum absolute atomic E-state index is 12.5. The summed E-state index contributed by atoms with van der Waals surface area (Å²) in [7, 11) is 0. The Morgan fingerprint density at radius 1 is 1.23 bits per heavy atom. The summed E-state index contributed by atoms with van der Waals surface area (Å²) in [5.41, 5.74) is -0.204. The summed E-state index contributed by atoms with van der Waals surface area (Å²) >= 11 is 0. The molecule has 1 aliphatic rings. The molecule has 1 atom stereocenters. The van der Waals surface area contributed by atoms with Gasteiger partial charge in [0, 0.05) is 13.1 Å². The van der Waals surface area contributed by atoms with E-state index in [-0.39, 0.29) is 17.7 Å². The second kappa shape index (κ2) is 6.06. The van der Waals surface area contributed by atoms with Crippen LogP contribution in [0.1, 0.15) is 46.4 Å². The van der Waals surface area contributed by atoms with Gasteiger partial charge >= 0.3 is 12.2 Å². The highest BCUT2D eigenvalue weighted by molar-refractivity contribution is 5.26. The predicted molar refractivity (Wildman–Crippen MR) is 74.5 cm³/mol. The molecule has 126 valence electrons. The zero-order valence-corrected chi connectivity index (χ0v) is 13.3. The Kier molecular flexibility index (Phi) is 4.70. The Balaban J connectivity index is 1.91. The second-order valence-electron chi connectivity index (χ2n) is 6.66. The van der Waals surface area contributed by atoms with Gasteiger partial charge in [-0.1, -0.05) is 0 Å². The van der Waals surface area contributed by atoms with Crippen molar-refractivity contribution in [2.24, 2.45) is 5.92 Å². The van der Waals surface area contributed by atoms with Crippen molar-refractivity contribution in [1.29, 1.82) is 0 Å². The summed E-state index contributed by atoms with van der Waals surface area (Å²) in [6, 6.07) is -0.0600. The van der Waals surface area contributed by atoms with E-state index in [9.17, 15) is 13.2 Å². The number of aromatic nitrogens is 2. The molecule has 1 saturated heterocycles. The summed E-state index contributed by atoms with van der Waals surface area (Å²) in [5.74, 6) is -0.852. The molecule has 0 aromatic carbocycles. The Bertz CT molecular complexity index is 488. The summed E-state index contributed by atoms with van der Waals surface area (Å²) < 4.78 is 48.1. The van der Waals surface area contributed by atoms with Crippen molar-refractivity contribution in [3.8, 4) is 0 Å². The number of nitrogens with zero attached hydrogens (tertiary/aromatic N) is 3. The Hall–Kier alpha value is -1.31. The van der Waals surface area contributed by atoms with E-state index in [1.54, 1.807) is 4.90 Å². The van der Waals surface area contributed by atoms with Crippen LogP contribution in [0.5, 0.6) is 0 Å². The van der Waals surface area contributed by atoms with Crippen molar-refractivity contribution in [3.05, 3.63) is 5.82 Å². The number of hydrogen-bond donors (Lipinski definition) is 0. The lowest BCUT2D eigenvalue weighted by molar-refractivity contribution is -0.146. The fraction of sp³-hybridized carbons (Fsp3) is 0.857. The van der Waals surface area contributed by atoms with Gasteiger partial charge in [-0.15, -0.1) is 0 Å². The lowest BCUT2D eigenvalue weighted by Crippen LogP contribution is -2.40. The van der Waals surface area contributed by atoms with Gasteiger partial charge in [-0.05, 0) is 51.6 Å². The minimum Gasteiger partial charge on any atom is -0.373 e. The number of anilines is 1. The number of ether oxygens (including phenoxy) is 1. The van der Waals surface area contributed by atoms with E-state index >= 15 is 0 Å². The van der Waals surface area contributed by atoms with Crippen LogP contribution in [0, 0.1) is 5.92 Å². The van der Waals surface area contributed by atoms with Crippen LogP contribution in [-0.4, -0.2) is 34.9 Å². The average Bonchev–Trinajstić information content (AvgIpc) is 2.86. The molecule has 22 heavy (non-hydrogen) atoms. The van der Waals surface area contributed by atoms with E-state index in [1.807, 2.05) is 27.7 Å². The molecule has 0 N–H and O–H groups in total. The molecule has 0 amide bonds. The zero-order valence-electron chi connectivity index (χ0n) is 13.3. The predicted octanol–water partition coefficient (Wildman–Crippen LogP) is 3.51. The quantitative estimate of drug-likeness (QED) is 0.853. The molecule has 1 aromatic rings. The second-order valence-corrected chi connectivity index (χ2v) is 6.66. The molecule has 1 unspecified atom stereocenters. The van der Waals surface area contributed by atoms with Crippen LogP contribution in [0.2, 0.25) is 0 Å². The van der Waals surface area contributed by atoms with Crippen molar-refractivity contribution in [2.45, 2.75) is 58.4 Å². The molecule has 0 spiro atoms. The molecule has 1 fully saturated rings. The largest absolute Gasteiger partial charge is 0.455 e. The Morgan fingerprint density at radius 2 is 1.82 bits per heavy atom. The topological polar surface area (TPSA) is 51.4 Å². The van der Waals surface area contributed by atoms with Crippen molar-refractivity contribution in [2.75, 3.05) is 18.0 Å². The SMILES string of the molecule is CC(OC(C)(C)C)C1CCN(c2nc(C(F)(F)F)no2)CC1. The number of alkyl halides is 3. The first-order valence-electron chi connectivity index (χ1n) is 7.40. The molecule has 2 rings (SSSR count). The molecule has 5 nitrogen and oxygen atoms in total. The van der Waals surface area contributed by atoms with Crippen molar-refractivity contribution >= 4 is 6.01 Å². The minimum absolute atomic E-state index is 0.0600. The maximum atomic E-state index is 12.5. The van der Waals surface area contributed by atoms with Gasteiger partial charge in [0.05, 0.1) is 11.7 Å². The van der Waals surface area contributed by atoms with Crippen LogP contribution in [0.15, 0.2) is 4.52 Å². The molecule has 8 heteroatoms. The van der Waals surface area contributed by atoms with Crippen molar-refractivity contribution < 1.29 is 22.4 Å². The molecule has 2 heterocycles. The first-order valence-corrected chi connectivity index (χ1v) is 7.40. The molecule has 1 aromatic heterocycles. The van der Waals surface area contributed by atoms with Gasteiger partial charge in [0.2, 0.25) is 0 Å². The molecule has 1 aliphatic heterocycles. The molecular formula is C14H22F3N3O2. The van der Waals surface area contributed by atoms with Gasteiger partial charge < -0.3 is 14.2 Å². The fourth-order valence-corrected chi connectivity index (χ4v) is 2.67. The standard InChI is InChI=1S/C14H22F3N3O2/c1-9(21-13(2,3)4)10-5-7-20(8-6-10)12-18-11(19-22-12)14(15,16)17/h9-10H,5-8H2,1-4H3. The first-order chi connectivity index (χ1) is 10.1. The third-order valence-electron chi connectivity index (χ3n) is 3.68. The van der Waals surface area contributed by atoms with Crippen LogP contribution in [-0.2, 0) is 10.9 Å². The van der Waals surface area contributed by atoms with E-state index in [0.717, 1.165) is 12.8 Å². The van der Waals surface area contributed by atoms with E-state index in [2.05, 4.69) is 10.1 Å². The Labute approximate surface area is 127 Å². The maximum Gasteiger partial charge on any atom is 0.455 e. The monoisotopic (exact) mass is 321 g/mol. The number of halogens is 3. The van der Waals surface area contributed by atoms with Gasteiger partial charge in [-0.25, -0.2) is 0 Å². The number of rotatable bonds is 3. The molecule has 0 radical (unpaired) electrons. The summed E-state index contributed by atoms with van der Waals surface area (Å²) in [4.78, 5) is 5.12. The lowest BCUT2D eigenvalue weighted by atomic mass is 9.91. The van der Waals surface area contributed by atoms with Gasteiger partial charge in [-0.2, -0.15) is 18.2 Å². The smallest absolute Gasteiger partial charge is 0.373 e. The highest BCUT2D eigenvalue weighted by Crippen LogP contribution is 2.31. The van der Waals surface area contributed by atoms with Crippen LogP contribution in [0.3, 0.4) is 0 Å². The zero-order chi connectivity index (χ0) is 16.5. The van der Waals surface area contributed by atoms with Gasteiger partial charge in [0.1, 0.15) is 0 Å². The number of piperidine rings is 1. The highest BCUT2D eigenvalue weighted by atomic mass is 19.4. The van der Waals surface area contributed by atoms with Crippen LogP contribution in [0.25, 0.3) is 0 Å². The molecule has 0 bridgehead atoms. The summed E-state index contributed by atoms with van der Waals surface area (Å²) in [6.07, 6.45) is -2.83. The third kappa shape index (κ3) is 4.34. The van der Waals surface area contributed by atoms with Crippen molar-refractivity contribution in [1.82, 2.24) is 10.1 Å². The normalized spacial score (nSPS) is 19.5. The molecule has 0 saturated carbocycles. The highest BCUT2D eigenvalue weighted by Gasteiger charge is 2.38. The average molecular weight is 321 g/mol. The van der Waals surface area contributed by atoms with Gasteiger partial charge in [0.25, 0.3) is 5.82 Å². The minimum atomic E-state index is -4.57. The first kappa shape index (κ1) is 17.1. The van der Waals surface area contributed by atoms with Crippen LogP contribution < -0.4 is 4.90 Å². The van der Waals surface area contributed by atoms with Gasteiger partial charge in [-0.3, -0.25) is 0 Å². The lowest BCUT2D eigenvalue weighted by Gasteiger charge is -2.36.